The Balaban J connectivity index is 2.13. The van der Waals surface area contributed by atoms with Crippen LogP contribution in [0, 0.1) is 5.41 Å². The zero-order chi connectivity index (χ0) is 12.2. The van der Waals surface area contributed by atoms with Gasteiger partial charge in [0.15, 0.2) is 0 Å². The van der Waals surface area contributed by atoms with E-state index in [0.29, 0.717) is 12.1 Å². The maximum absolute atomic E-state index is 9.67. The molecule has 0 radical (unpaired) electrons. The molecule has 0 saturated heterocycles. The standard InChI is InChI=1S/C14H29NO/c1-5-6-7-8-9-11(2)15-12-10-13(16)14(12,3)4/h11-13,15-16H,5-10H2,1-4H3. The Bertz CT molecular complexity index is 203. The van der Waals surface area contributed by atoms with Gasteiger partial charge in [-0.05, 0) is 19.8 Å². The molecule has 2 heteroatoms. The summed E-state index contributed by atoms with van der Waals surface area (Å²) in [4.78, 5) is 0. The number of aliphatic hydroxyl groups excluding tert-OH is 1. The van der Waals surface area contributed by atoms with Crippen molar-refractivity contribution < 1.29 is 5.11 Å². The molecule has 2 nitrogen and oxygen atoms in total. The first kappa shape index (κ1) is 14.0. The lowest BCUT2D eigenvalue weighted by atomic mass is 9.64. The fraction of sp³-hybridized carbons (Fsp3) is 1.00. The van der Waals surface area contributed by atoms with E-state index in [1.165, 1.54) is 32.1 Å². The minimum absolute atomic E-state index is 0.0671. The van der Waals surface area contributed by atoms with Crippen molar-refractivity contribution in [2.24, 2.45) is 5.41 Å². The van der Waals surface area contributed by atoms with Crippen LogP contribution < -0.4 is 5.32 Å². The Morgan fingerprint density at radius 3 is 2.50 bits per heavy atom. The molecule has 3 atom stereocenters. The predicted molar refractivity (Wildman–Crippen MR) is 69.5 cm³/mol. The van der Waals surface area contributed by atoms with Gasteiger partial charge in [-0.25, -0.2) is 0 Å². The molecule has 1 aliphatic carbocycles. The highest BCUT2D eigenvalue weighted by atomic mass is 16.3. The summed E-state index contributed by atoms with van der Waals surface area (Å²) in [5.74, 6) is 0. The second kappa shape index (κ2) is 6.02. The number of nitrogens with one attached hydrogen (secondary N) is 1. The van der Waals surface area contributed by atoms with Crippen LogP contribution in [0.25, 0.3) is 0 Å². The quantitative estimate of drug-likeness (QED) is 0.655. The molecular formula is C14H29NO. The van der Waals surface area contributed by atoms with E-state index in [1.54, 1.807) is 0 Å². The van der Waals surface area contributed by atoms with Crippen molar-refractivity contribution in [3.63, 3.8) is 0 Å². The third kappa shape index (κ3) is 3.46. The Kier molecular flexibility index (Phi) is 5.26. The molecule has 0 bridgehead atoms. The van der Waals surface area contributed by atoms with E-state index in [9.17, 15) is 5.11 Å². The fourth-order valence-corrected chi connectivity index (χ4v) is 2.49. The SMILES string of the molecule is CCCCCCC(C)NC1CC(O)C1(C)C. The fourth-order valence-electron chi connectivity index (χ4n) is 2.49. The lowest BCUT2D eigenvalue weighted by Gasteiger charge is -2.50. The molecule has 0 heterocycles. The zero-order valence-electron chi connectivity index (χ0n) is 11.4. The van der Waals surface area contributed by atoms with Gasteiger partial charge in [-0.15, -0.1) is 0 Å². The van der Waals surface area contributed by atoms with Gasteiger partial charge in [0.2, 0.25) is 0 Å². The first-order chi connectivity index (χ1) is 7.48. The van der Waals surface area contributed by atoms with E-state index in [2.05, 4.69) is 33.0 Å². The molecule has 0 aromatic carbocycles. The molecule has 1 aliphatic rings. The summed E-state index contributed by atoms with van der Waals surface area (Å²) in [6.07, 6.45) is 7.44. The number of aliphatic hydroxyl groups is 1. The van der Waals surface area contributed by atoms with E-state index in [1.807, 2.05) is 0 Å². The van der Waals surface area contributed by atoms with Crippen LogP contribution in [-0.2, 0) is 0 Å². The first-order valence-electron chi connectivity index (χ1n) is 6.92. The lowest BCUT2D eigenvalue weighted by Crippen LogP contribution is -2.61. The molecule has 1 saturated carbocycles. The van der Waals surface area contributed by atoms with Crippen LogP contribution in [0.3, 0.4) is 0 Å². The second-order valence-corrected chi connectivity index (χ2v) is 6.04. The van der Waals surface area contributed by atoms with Crippen molar-refractivity contribution in [2.45, 2.75) is 84.4 Å². The molecule has 16 heavy (non-hydrogen) atoms. The van der Waals surface area contributed by atoms with E-state index in [4.69, 9.17) is 0 Å². The summed E-state index contributed by atoms with van der Waals surface area (Å²) in [5, 5.41) is 13.3. The van der Waals surface area contributed by atoms with Gasteiger partial charge in [0.05, 0.1) is 6.10 Å². The molecule has 0 aliphatic heterocycles. The van der Waals surface area contributed by atoms with Crippen LogP contribution in [0.1, 0.15) is 66.2 Å². The average molecular weight is 227 g/mol. The summed E-state index contributed by atoms with van der Waals surface area (Å²) in [7, 11) is 0. The van der Waals surface area contributed by atoms with Gasteiger partial charge < -0.3 is 10.4 Å². The molecular weight excluding hydrogens is 198 g/mol. The van der Waals surface area contributed by atoms with Gasteiger partial charge in [-0.2, -0.15) is 0 Å². The Morgan fingerprint density at radius 2 is 2.00 bits per heavy atom. The molecule has 1 fully saturated rings. The van der Waals surface area contributed by atoms with Crippen LogP contribution in [0.15, 0.2) is 0 Å². The summed E-state index contributed by atoms with van der Waals surface area (Å²) in [6, 6.07) is 1.09. The Hall–Kier alpha value is -0.0800. The Morgan fingerprint density at radius 1 is 1.31 bits per heavy atom. The largest absolute Gasteiger partial charge is 0.392 e. The number of hydrogen-bond acceptors (Lipinski definition) is 2. The molecule has 0 spiro atoms. The summed E-state index contributed by atoms with van der Waals surface area (Å²) in [5.41, 5.74) is 0.0671. The van der Waals surface area contributed by atoms with E-state index < -0.39 is 0 Å². The lowest BCUT2D eigenvalue weighted by molar-refractivity contribution is -0.0755. The van der Waals surface area contributed by atoms with Crippen molar-refractivity contribution in [1.82, 2.24) is 5.32 Å². The molecule has 2 N–H and O–H groups in total. The topological polar surface area (TPSA) is 32.3 Å². The molecule has 0 aromatic rings. The average Bonchev–Trinajstić information content (AvgIpc) is 2.24. The summed E-state index contributed by atoms with van der Waals surface area (Å²) < 4.78 is 0. The van der Waals surface area contributed by atoms with Crippen molar-refractivity contribution in [2.75, 3.05) is 0 Å². The Labute approximate surface area is 101 Å². The highest BCUT2D eigenvalue weighted by molar-refractivity contribution is 5.02. The van der Waals surface area contributed by atoms with Gasteiger partial charge in [-0.3, -0.25) is 0 Å². The minimum atomic E-state index is -0.114. The maximum Gasteiger partial charge on any atom is 0.0621 e. The van der Waals surface area contributed by atoms with E-state index in [-0.39, 0.29) is 11.5 Å². The van der Waals surface area contributed by atoms with Crippen LogP contribution in [0.5, 0.6) is 0 Å². The van der Waals surface area contributed by atoms with Crippen molar-refractivity contribution in [3.8, 4) is 0 Å². The van der Waals surface area contributed by atoms with Crippen LogP contribution in [0.2, 0.25) is 0 Å². The monoisotopic (exact) mass is 227 g/mol. The van der Waals surface area contributed by atoms with Gasteiger partial charge >= 0.3 is 0 Å². The molecule has 1 rings (SSSR count). The van der Waals surface area contributed by atoms with E-state index in [0.717, 1.165) is 6.42 Å². The van der Waals surface area contributed by atoms with E-state index >= 15 is 0 Å². The van der Waals surface area contributed by atoms with Crippen molar-refractivity contribution >= 4 is 0 Å². The normalized spacial score (nSPS) is 29.8. The highest BCUT2D eigenvalue weighted by Gasteiger charge is 2.47. The second-order valence-electron chi connectivity index (χ2n) is 6.04. The third-order valence-corrected chi connectivity index (χ3v) is 4.19. The first-order valence-corrected chi connectivity index (χ1v) is 6.92. The maximum atomic E-state index is 9.67. The number of hydrogen-bond donors (Lipinski definition) is 2. The van der Waals surface area contributed by atoms with Crippen LogP contribution in [-0.4, -0.2) is 23.3 Å². The molecule has 3 unspecified atom stereocenters. The van der Waals surface area contributed by atoms with Gasteiger partial charge in [-0.1, -0.05) is 46.5 Å². The number of rotatable bonds is 7. The molecule has 0 amide bonds. The highest BCUT2D eigenvalue weighted by Crippen LogP contribution is 2.40. The molecule has 0 aromatic heterocycles. The summed E-state index contributed by atoms with van der Waals surface area (Å²) in [6.45, 7) is 8.83. The smallest absolute Gasteiger partial charge is 0.0621 e. The minimum Gasteiger partial charge on any atom is -0.392 e. The van der Waals surface area contributed by atoms with Crippen molar-refractivity contribution in [1.29, 1.82) is 0 Å². The van der Waals surface area contributed by atoms with Crippen LogP contribution >= 0.6 is 0 Å². The van der Waals surface area contributed by atoms with Crippen molar-refractivity contribution in [3.05, 3.63) is 0 Å². The third-order valence-electron chi connectivity index (χ3n) is 4.19. The van der Waals surface area contributed by atoms with Gasteiger partial charge in [0, 0.05) is 17.5 Å². The molecule has 96 valence electrons. The van der Waals surface area contributed by atoms with Gasteiger partial charge in [0.1, 0.15) is 0 Å². The predicted octanol–water partition coefficient (Wildman–Crippen LogP) is 3.09. The summed E-state index contributed by atoms with van der Waals surface area (Å²) >= 11 is 0. The van der Waals surface area contributed by atoms with Crippen LogP contribution in [0.4, 0.5) is 0 Å². The number of unbranched alkanes of at least 4 members (excludes halogenated alkanes) is 3. The van der Waals surface area contributed by atoms with Gasteiger partial charge in [0.25, 0.3) is 0 Å². The zero-order valence-corrected chi connectivity index (χ0v) is 11.4.